The lowest BCUT2D eigenvalue weighted by Gasteiger charge is -2.13. The molecular formula is C13H13F2N3O2S. The number of benzene rings is 1. The largest absolute Gasteiger partial charge is 0.481 e. The van der Waals surface area contributed by atoms with Crippen LogP contribution < -0.4 is 0 Å². The lowest BCUT2D eigenvalue weighted by molar-refractivity contribution is -0.133. The lowest BCUT2D eigenvalue weighted by Crippen LogP contribution is -2.07. The van der Waals surface area contributed by atoms with Gasteiger partial charge in [-0.2, -0.15) is 0 Å². The summed E-state index contributed by atoms with van der Waals surface area (Å²) in [5.74, 6) is -2.25. The SMILES string of the molecule is CC(C)n1c(SCC(=O)O)nnc1-c1cc(F)cc(F)c1. The Morgan fingerprint density at radius 2 is 1.90 bits per heavy atom. The highest BCUT2D eigenvalue weighted by atomic mass is 32.2. The first-order valence-electron chi connectivity index (χ1n) is 6.14. The summed E-state index contributed by atoms with van der Waals surface area (Å²) in [6.45, 7) is 3.71. The molecule has 0 amide bonds. The number of hydrogen-bond donors (Lipinski definition) is 1. The number of carboxylic acid groups (broad SMARTS) is 1. The normalized spacial score (nSPS) is 11.1. The van der Waals surface area contributed by atoms with Crippen LogP contribution in [-0.4, -0.2) is 31.6 Å². The van der Waals surface area contributed by atoms with E-state index < -0.39 is 17.6 Å². The van der Waals surface area contributed by atoms with Gasteiger partial charge in [0.05, 0.1) is 5.75 Å². The predicted molar refractivity (Wildman–Crippen MR) is 74.1 cm³/mol. The third kappa shape index (κ3) is 3.57. The van der Waals surface area contributed by atoms with Gasteiger partial charge in [0.2, 0.25) is 0 Å². The van der Waals surface area contributed by atoms with Gasteiger partial charge in [-0.05, 0) is 26.0 Å². The predicted octanol–water partition coefficient (Wildman–Crippen LogP) is 2.98. The van der Waals surface area contributed by atoms with Crippen molar-refractivity contribution in [1.29, 1.82) is 0 Å². The average molecular weight is 313 g/mol. The van der Waals surface area contributed by atoms with Crippen molar-refractivity contribution < 1.29 is 18.7 Å². The molecule has 2 rings (SSSR count). The van der Waals surface area contributed by atoms with Gasteiger partial charge in [-0.3, -0.25) is 9.36 Å². The molecule has 0 aliphatic heterocycles. The van der Waals surface area contributed by atoms with Gasteiger partial charge in [0, 0.05) is 17.7 Å². The molecule has 0 fully saturated rings. The van der Waals surface area contributed by atoms with Gasteiger partial charge >= 0.3 is 5.97 Å². The molecule has 1 heterocycles. The van der Waals surface area contributed by atoms with Crippen LogP contribution >= 0.6 is 11.8 Å². The van der Waals surface area contributed by atoms with Gasteiger partial charge in [0.15, 0.2) is 11.0 Å². The quantitative estimate of drug-likeness (QED) is 0.860. The second kappa shape index (κ2) is 6.21. The second-order valence-electron chi connectivity index (χ2n) is 4.61. The van der Waals surface area contributed by atoms with Crippen LogP contribution in [0, 0.1) is 11.6 Å². The summed E-state index contributed by atoms with van der Waals surface area (Å²) in [5.41, 5.74) is 0.260. The molecule has 1 aromatic heterocycles. The summed E-state index contributed by atoms with van der Waals surface area (Å²) in [6.07, 6.45) is 0. The van der Waals surface area contributed by atoms with E-state index in [1.165, 1.54) is 0 Å². The Morgan fingerprint density at radius 1 is 1.29 bits per heavy atom. The molecule has 0 radical (unpaired) electrons. The van der Waals surface area contributed by atoms with Gasteiger partial charge in [0.1, 0.15) is 11.6 Å². The summed E-state index contributed by atoms with van der Waals surface area (Å²) in [7, 11) is 0. The molecule has 112 valence electrons. The Kier molecular flexibility index (Phi) is 4.56. The monoisotopic (exact) mass is 313 g/mol. The number of carbonyl (C=O) groups is 1. The van der Waals surface area contributed by atoms with E-state index in [0.29, 0.717) is 11.0 Å². The maximum Gasteiger partial charge on any atom is 0.313 e. The zero-order chi connectivity index (χ0) is 15.6. The number of aromatic nitrogens is 3. The van der Waals surface area contributed by atoms with Crippen molar-refractivity contribution in [2.24, 2.45) is 0 Å². The summed E-state index contributed by atoms with van der Waals surface area (Å²) in [5, 5.41) is 17.0. The summed E-state index contributed by atoms with van der Waals surface area (Å²) in [6, 6.07) is 3.02. The lowest BCUT2D eigenvalue weighted by atomic mass is 10.2. The van der Waals surface area contributed by atoms with Crippen molar-refractivity contribution in [1.82, 2.24) is 14.8 Å². The maximum atomic E-state index is 13.3. The number of nitrogens with zero attached hydrogens (tertiary/aromatic N) is 3. The molecule has 0 spiro atoms. The van der Waals surface area contributed by atoms with E-state index >= 15 is 0 Å². The average Bonchev–Trinajstić information content (AvgIpc) is 2.78. The summed E-state index contributed by atoms with van der Waals surface area (Å²) < 4.78 is 28.3. The van der Waals surface area contributed by atoms with Crippen molar-refractivity contribution in [3.63, 3.8) is 0 Å². The fourth-order valence-electron chi connectivity index (χ4n) is 1.85. The minimum absolute atomic E-state index is 0.0855. The van der Waals surface area contributed by atoms with Crippen molar-refractivity contribution in [2.75, 3.05) is 5.75 Å². The van der Waals surface area contributed by atoms with E-state index in [9.17, 15) is 13.6 Å². The molecule has 2 aromatic rings. The molecule has 0 bridgehead atoms. The first-order valence-corrected chi connectivity index (χ1v) is 7.13. The number of halogens is 2. The summed E-state index contributed by atoms with van der Waals surface area (Å²) in [4.78, 5) is 10.6. The smallest absolute Gasteiger partial charge is 0.313 e. The molecule has 0 saturated heterocycles. The Bertz CT molecular complexity index is 653. The van der Waals surface area contributed by atoms with E-state index in [1.807, 2.05) is 13.8 Å². The molecule has 5 nitrogen and oxygen atoms in total. The molecule has 8 heteroatoms. The highest BCUT2D eigenvalue weighted by molar-refractivity contribution is 7.99. The fourth-order valence-corrected chi connectivity index (χ4v) is 2.63. The Labute approximate surface area is 124 Å². The van der Waals surface area contributed by atoms with Crippen LogP contribution in [0.5, 0.6) is 0 Å². The van der Waals surface area contributed by atoms with Gasteiger partial charge in [-0.1, -0.05) is 11.8 Å². The van der Waals surface area contributed by atoms with Crippen LogP contribution in [-0.2, 0) is 4.79 Å². The standard InChI is InChI=1S/C13H13F2N3O2S/c1-7(2)18-12(8-3-9(14)5-10(15)4-8)16-17-13(18)21-6-11(19)20/h3-5,7H,6H2,1-2H3,(H,19,20). The minimum atomic E-state index is -0.975. The van der Waals surface area contributed by atoms with Crippen molar-refractivity contribution >= 4 is 17.7 Å². The zero-order valence-electron chi connectivity index (χ0n) is 11.4. The summed E-state index contributed by atoms with van der Waals surface area (Å²) >= 11 is 1.01. The van der Waals surface area contributed by atoms with Crippen molar-refractivity contribution in [3.8, 4) is 11.4 Å². The third-order valence-corrected chi connectivity index (χ3v) is 3.55. The van der Waals surface area contributed by atoms with Gasteiger partial charge in [-0.15, -0.1) is 10.2 Å². The van der Waals surface area contributed by atoms with Crippen LogP contribution in [0.3, 0.4) is 0 Å². The number of carboxylic acids is 1. The van der Waals surface area contributed by atoms with Crippen LogP contribution in [0.4, 0.5) is 8.78 Å². The molecule has 1 aromatic carbocycles. The van der Waals surface area contributed by atoms with Gasteiger partial charge < -0.3 is 5.11 Å². The minimum Gasteiger partial charge on any atom is -0.481 e. The Hall–Kier alpha value is -1.96. The van der Waals surface area contributed by atoms with Crippen LogP contribution in [0.15, 0.2) is 23.4 Å². The van der Waals surface area contributed by atoms with Crippen LogP contribution in [0.25, 0.3) is 11.4 Å². The van der Waals surface area contributed by atoms with Gasteiger partial charge in [-0.25, -0.2) is 8.78 Å². The van der Waals surface area contributed by atoms with E-state index in [4.69, 9.17) is 5.11 Å². The molecule has 1 N–H and O–H groups in total. The molecule has 0 aliphatic rings. The Morgan fingerprint density at radius 3 is 2.43 bits per heavy atom. The second-order valence-corrected chi connectivity index (χ2v) is 5.55. The van der Waals surface area contributed by atoms with E-state index in [-0.39, 0.29) is 17.4 Å². The van der Waals surface area contributed by atoms with Gasteiger partial charge in [0.25, 0.3) is 0 Å². The van der Waals surface area contributed by atoms with Crippen LogP contribution in [0.2, 0.25) is 0 Å². The number of hydrogen-bond acceptors (Lipinski definition) is 4. The van der Waals surface area contributed by atoms with Crippen molar-refractivity contribution in [3.05, 3.63) is 29.8 Å². The maximum absolute atomic E-state index is 13.3. The molecule has 21 heavy (non-hydrogen) atoms. The van der Waals surface area contributed by atoms with Crippen LogP contribution in [0.1, 0.15) is 19.9 Å². The number of thioether (sulfide) groups is 1. The molecular weight excluding hydrogens is 300 g/mol. The number of rotatable bonds is 5. The van der Waals surface area contributed by atoms with E-state index in [0.717, 1.165) is 30.0 Å². The van der Waals surface area contributed by atoms with E-state index in [2.05, 4.69) is 10.2 Å². The fraction of sp³-hybridized carbons (Fsp3) is 0.308. The first kappa shape index (κ1) is 15.4. The number of aliphatic carboxylic acids is 1. The zero-order valence-corrected chi connectivity index (χ0v) is 12.2. The topological polar surface area (TPSA) is 68.0 Å². The van der Waals surface area contributed by atoms with E-state index in [1.54, 1.807) is 4.57 Å². The highest BCUT2D eigenvalue weighted by Crippen LogP contribution is 2.28. The highest BCUT2D eigenvalue weighted by Gasteiger charge is 2.18. The molecule has 0 aliphatic carbocycles. The third-order valence-electron chi connectivity index (χ3n) is 2.63. The molecule has 0 atom stereocenters. The molecule has 0 unspecified atom stereocenters. The van der Waals surface area contributed by atoms with Crippen molar-refractivity contribution in [2.45, 2.75) is 25.0 Å². The molecule has 0 saturated carbocycles. The first-order chi connectivity index (χ1) is 9.88. The Balaban J connectivity index is 2.46.